The molecule has 7 heteroatoms. The number of hydrogen-bond acceptors (Lipinski definition) is 4. The van der Waals surface area contributed by atoms with Gasteiger partial charge in [-0.15, -0.1) is 0 Å². The zero-order valence-electron chi connectivity index (χ0n) is 11.3. The van der Waals surface area contributed by atoms with Crippen LogP contribution >= 0.6 is 27.7 Å². The van der Waals surface area contributed by atoms with Crippen LogP contribution in [-0.2, 0) is 4.79 Å². The zero-order valence-corrected chi connectivity index (χ0v) is 13.7. The number of benzene rings is 1. The fourth-order valence-corrected chi connectivity index (χ4v) is 3.03. The average Bonchev–Trinajstić information content (AvgIpc) is 2.45. The van der Waals surface area contributed by atoms with Gasteiger partial charge in [-0.2, -0.15) is 0 Å². The molecular weight excluding hydrogens is 354 g/mol. The number of nitrogens with zero attached hydrogens (tertiary/aromatic N) is 1. The molecule has 110 valence electrons. The Hall–Kier alpha value is -1.60. The molecule has 1 heterocycles. The highest BCUT2D eigenvalue weighted by atomic mass is 79.9. The highest BCUT2D eigenvalue weighted by Crippen LogP contribution is 2.22. The minimum Gasteiger partial charge on any atom is -0.349 e. The fraction of sp³-hybridized carbons (Fsp3) is 0.214. The number of thioether (sulfide) groups is 1. The quantitative estimate of drug-likeness (QED) is 0.628. The summed E-state index contributed by atoms with van der Waals surface area (Å²) in [6.45, 7) is 1.92. The Morgan fingerprint density at radius 3 is 2.90 bits per heavy atom. The second-order valence-corrected chi connectivity index (χ2v) is 6.16. The highest BCUT2D eigenvalue weighted by molar-refractivity contribution is 9.10. The smallest absolute Gasteiger partial charge is 0.251 e. The standard InChI is InChI=1S/C14H14BrN3O2S/c1-9(10-4-2-3-5-11(10)15)17-13(20)8-21-14-16-7-6-12(19)18-14/h2-7,9H,8H2,1H3,(H,17,20)(H,16,18,19)/t9-/m0/s1. The lowest BCUT2D eigenvalue weighted by Gasteiger charge is -2.15. The molecule has 2 N–H and O–H groups in total. The van der Waals surface area contributed by atoms with Crippen molar-refractivity contribution in [2.24, 2.45) is 0 Å². The maximum Gasteiger partial charge on any atom is 0.251 e. The predicted molar refractivity (Wildman–Crippen MR) is 86.3 cm³/mol. The Balaban J connectivity index is 1.90. The van der Waals surface area contributed by atoms with Crippen LogP contribution < -0.4 is 10.9 Å². The third kappa shape index (κ3) is 4.71. The minimum absolute atomic E-state index is 0.101. The summed E-state index contributed by atoms with van der Waals surface area (Å²) in [7, 11) is 0. The van der Waals surface area contributed by atoms with Gasteiger partial charge >= 0.3 is 0 Å². The number of hydrogen-bond donors (Lipinski definition) is 2. The van der Waals surface area contributed by atoms with Crippen molar-refractivity contribution in [2.75, 3.05) is 5.75 Å². The van der Waals surface area contributed by atoms with E-state index >= 15 is 0 Å². The van der Waals surface area contributed by atoms with Gasteiger partial charge < -0.3 is 10.3 Å². The summed E-state index contributed by atoms with van der Waals surface area (Å²) in [6.07, 6.45) is 1.42. The molecule has 21 heavy (non-hydrogen) atoms. The van der Waals surface area contributed by atoms with E-state index in [9.17, 15) is 9.59 Å². The Bertz CT molecular complexity index is 690. The maximum atomic E-state index is 11.9. The molecule has 1 aromatic carbocycles. The third-order valence-electron chi connectivity index (χ3n) is 2.74. The number of nitrogens with one attached hydrogen (secondary N) is 2. The van der Waals surface area contributed by atoms with Crippen molar-refractivity contribution in [2.45, 2.75) is 18.1 Å². The van der Waals surface area contributed by atoms with E-state index in [4.69, 9.17) is 0 Å². The molecule has 0 aliphatic rings. The SMILES string of the molecule is C[C@H](NC(=O)CSc1nccc(=O)[nH]1)c1ccccc1Br. The molecule has 1 aromatic heterocycles. The molecule has 2 aromatic rings. The van der Waals surface area contributed by atoms with Gasteiger partial charge in [-0.05, 0) is 18.6 Å². The largest absolute Gasteiger partial charge is 0.349 e. The van der Waals surface area contributed by atoms with Crippen LogP contribution in [0.4, 0.5) is 0 Å². The van der Waals surface area contributed by atoms with E-state index in [2.05, 4.69) is 31.2 Å². The van der Waals surface area contributed by atoms with Crippen LogP contribution in [-0.4, -0.2) is 21.6 Å². The Morgan fingerprint density at radius 1 is 1.43 bits per heavy atom. The average molecular weight is 368 g/mol. The molecule has 0 fully saturated rings. The van der Waals surface area contributed by atoms with E-state index in [1.54, 1.807) is 0 Å². The van der Waals surface area contributed by atoms with E-state index in [-0.39, 0.29) is 23.3 Å². The monoisotopic (exact) mass is 367 g/mol. The molecule has 0 radical (unpaired) electrons. The number of amides is 1. The van der Waals surface area contributed by atoms with Crippen LogP contribution in [0.1, 0.15) is 18.5 Å². The van der Waals surface area contributed by atoms with E-state index in [0.29, 0.717) is 5.16 Å². The summed E-state index contributed by atoms with van der Waals surface area (Å²) < 4.78 is 0.958. The minimum atomic E-state index is -0.227. The van der Waals surface area contributed by atoms with Gasteiger partial charge in [0.05, 0.1) is 11.8 Å². The van der Waals surface area contributed by atoms with Gasteiger partial charge in [-0.3, -0.25) is 9.59 Å². The van der Waals surface area contributed by atoms with Crippen LogP contribution in [0.5, 0.6) is 0 Å². The van der Waals surface area contributed by atoms with Gasteiger partial charge in [0.1, 0.15) is 0 Å². The summed E-state index contributed by atoms with van der Waals surface area (Å²) >= 11 is 4.66. The van der Waals surface area contributed by atoms with Crippen molar-refractivity contribution < 1.29 is 4.79 Å². The molecule has 1 atom stereocenters. The molecule has 0 bridgehead atoms. The molecule has 0 spiro atoms. The van der Waals surface area contributed by atoms with Gasteiger partial charge in [0.25, 0.3) is 5.56 Å². The van der Waals surface area contributed by atoms with Gasteiger partial charge in [-0.25, -0.2) is 4.98 Å². The fourth-order valence-electron chi connectivity index (χ4n) is 1.75. The highest BCUT2D eigenvalue weighted by Gasteiger charge is 2.12. The number of aromatic amines is 1. The molecule has 0 saturated carbocycles. The van der Waals surface area contributed by atoms with Crippen LogP contribution in [0.3, 0.4) is 0 Å². The Morgan fingerprint density at radius 2 is 2.19 bits per heavy atom. The van der Waals surface area contributed by atoms with Crippen molar-refractivity contribution >= 4 is 33.6 Å². The van der Waals surface area contributed by atoms with Crippen LogP contribution in [0.2, 0.25) is 0 Å². The molecular formula is C14H14BrN3O2S. The molecule has 0 saturated heterocycles. The van der Waals surface area contributed by atoms with Crippen molar-refractivity contribution in [1.82, 2.24) is 15.3 Å². The Labute approximate surface area is 134 Å². The first-order valence-corrected chi connectivity index (χ1v) is 8.06. The van der Waals surface area contributed by atoms with Crippen molar-refractivity contribution in [3.63, 3.8) is 0 Å². The van der Waals surface area contributed by atoms with Crippen molar-refractivity contribution in [3.8, 4) is 0 Å². The second kappa shape index (κ2) is 7.42. The number of H-pyrrole nitrogens is 1. The molecule has 0 aliphatic heterocycles. The normalized spacial score (nSPS) is 11.9. The number of halogens is 1. The van der Waals surface area contributed by atoms with Crippen LogP contribution in [0.25, 0.3) is 0 Å². The summed E-state index contributed by atoms with van der Waals surface area (Å²) in [5.41, 5.74) is 0.789. The number of carbonyl (C=O) groups is 1. The lowest BCUT2D eigenvalue weighted by Crippen LogP contribution is -2.28. The summed E-state index contributed by atoms with van der Waals surface area (Å²) in [5, 5.41) is 3.35. The molecule has 1 amide bonds. The van der Waals surface area contributed by atoms with Gasteiger partial charge in [0.2, 0.25) is 5.91 Å². The lowest BCUT2D eigenvalue weighted by atomic mass is 10.1. The van der Waals surface area contributed by atoms with Crippen LogP contribution in [0, 0.1) is 0 Å². The molecule has 5 nitrogen and oxygen atoms in total. The summed E-state index contributed by atoms with van der Waals surface area (Å²) in [6, 6.07) is 8.98. The first-order valence-electron chi connectivity index (χ1n) is 6.28. The van der Waals surface area contributed by atoms with E-state index in [1.807, 2.05) is 31.2 Å². The second-order valence-electron chi connectivity index (χ2n) is 4.34. The third-order valence-corrected chi connectivity index (χ3v) is 4.35. The van der Waals surface area contributed by atoms with E-state index in [0.717, 1.165) is 10.0 Å². The summed E-state index contributed by atoms with van der Waals surface area (Å²) in [5.74, 6) is 0.0802. The van der Waals surface area contributed by atoms with Gasteiger partial charge in [0, 0.05) is 16.7 Å². The van der Waals surface area contributed by atoms with Gasteiger partial charge in [-0.1, -0.05) is 45.9 Å². The van der Waals surface area contributed by atoms with Crippen molar-refractivity contribution in [1.29, 1.82) is 0 Å². The Kier molecular flexibility index (Phi) is 5.58. The number of rotatable bonds is 5. The number of carbonyl (C=O) groups excluding carboxylic acids is 1. The topological polar surface area (TPSA) is 74.8 Å². The molecule has 2 rings (SSSR count). The maximum absolute atomic E-state index is 11.9. The van der Waals surface area contributed by atoms with E-state index in [1.165, 1.54) is 24.0 Å². The molecule has 0 aliphatic carbocycles. The molecule has 0 unspecified atom stereocenters. The summed E-state index contributed by atoms with van der Waals surface area (Å²) in [4.78, 5) is 29.6. The zero-order chi connectivity index (χ0) is 15.2. The van der Waals surface area contributed by atoms with Crippen LogP contribution in [0.15, 0.2) is 51.0 Å². The van der Waals surface area contributed by atoms with Crippen molar-refractivity contribution in [3.05, 3.63) is 56.9 Å². The first-order chi connectivity index (χ1) is 10.1. The number of aromatic nitrogens is 2. The predicted octanol–water partition coefficient (Wildman–Crippen LogP) is 2.50. The van der Waals surface area contributed by atoms with E-state index < -0.39 is 0 Å². The lowest BCUT2D eigenvalue weighted by molar-refractivity contribution is -0.119. The first kappa shape index (κ1) is 15.8. The van der Waals surface area contributed by atoms with Gasteiger partial charge in [0.15, 0.2) is 5.16 Å².